The number of para-hydroxylation sites is 3. The Morgan fingerprint density at radius 1 is 1.12 bits per heavy atom. The topological polar surface area (TPSA) is 71.5 Å². The molecule has 0 bridgehead atoms. The summed E-state index contributed by atoms with van der Waals surface area (Å²) in [5, 5.41) is 13.4. The number of carboxylic acid groups (broad SMARTS) is 1. The van der Waals surface area contributed by atoms with Gasteiger partial charge < -0.3 is 15.2 Å². The molecule has 0 unspecified atom stereocenters. The predicted octanol–water partition coefficient (Wildman–Crippen LogP) is 4.39. The first kappa shape index (κ1) is 16.8. The van der Waals surface area contributed by atoms with Gasteiger partial charge >= 0.3 is 5.97 Å². The van der Waals surface area contributed by atoms with E-state index in [1.807, 2.05) is 48.5 Å². The molecule has 25 heavy (non-hydrogen) atoms. The quantitative estimate of drug-likeness (QED) is 0.669. The Kier molecular flexibility index (Phi) is 5.14. The minimum Gasteiger partial charge on any atom is -0.491 e. The zero-order valence-electron chi connectivity index (χ0n) is 14.0. The minimum atomic E-state index is -0.902. The number of hydrogen-bond acceptors (Lipinski definition) is 4. The fraction of sp³-hybridized carbons (Fsp3) is 0.200. The van der Waals surface area contributed by atoms with E-state index < -0.39 is 5.97 Å². The molecule has 1 aromatic heterocycles. The molecule has 128 valence electrons. The molecule has 0 spiro atoms. The summed E-state index contributed by atoms with van der Waals surface area (Å²) in [5.74, 6) is -0.134. The number of aromatic nitrogens is 1. The maximum Gasteiger partial charge on any atom is 0.309 e. The second kappa shape index (κ2) is 7.66. The summed E-state index contributed by atoms with van der Waals surface area (Å²) >= 11 is 0. The normalized spacial score (nSPS) is 10.6. The first-order chi connectivity index (χ1) is 12.2. The predicted molar refractivity (Wildman–Crippen MR) is 98.6 cm³/mol. The molecule has 2 aromatic carbocycles. The smallest absolute Gasteiger partial charge is 0.309 e. The van der Waals surface area contributed by atoms with E-state index in [9.17, 15) is 4.79 Å². The Bertz CT molecular complexity index is 893. The molecule has 2 N–H and O–H groups in total. The van der Waals surface area contributed by atoms with Crippen molar-refractivity contribution in [2.24, 2.45) is 0 Å². The van der Waals surface area contributed by atoms with E-state index in [1.54, 1.807) is 6.07 Å². The largest absolute Gasteiger partial charge is 0.491 e. The van der Waals surface area contributed by atoms with E-state index in [0.717, 1.165) is 34.4 Å². The van der Waals surface area contributed by atoms with Crippen LogP contribution in [0.15, 0.2) is 54.6 Å². The number of pyridine rings is 1. The molecule has 0 aliphatic rings. The molecule has 5 nitrogen and oxygen atoms in total. The molecule has 1 heterocycles. The number of nitrogens with zero attached hydrogens (tertiary/aromatic N) is 1. The summed E-state index contributed by atoms with van der Waals surface area (Å²) in [6, 6.07) is 17.2. The van der Waals surface area contributed by atoms with Crippen molar-refractivity contribution in [1.82, 2.24) is 4.98 Å². The van der Waals surface area contributed by atoms with Crippen molar-refractivity contribution in [3.05, 3.63) is 60.3 Å². The second-order valence-electron chi connectivity index (χ2n) is 5.72. The molecule has 5 heteroatoms. The fourth-order valence-electron chi connectivity index (χ4n) is 2.63. The first-order valence-corrected chi connectivity index (χ1v) is 8.26. The number of carbonyl (C=O) groups is 1. The molecule has 0 radical (unpaired) electrons. The molecule has 0 fully saturated rings. The molecule has 0 atom stereocenters. The Morgan fingerprint density at radius 2 is 1.88 bits per heavy atom. The molecule has 0 saturated carbocycles. The molecule has 0 saturated heterocycles. The van der Waals surface area contributed by atoms with Gasteiger partial charge in [0.05, 0.1) is 29.9 Å². The maximum absolute atomic E-state index is 11.1. The van der Waals surface area contributed by atoms with Crippen molar-refractivity contribution >= 4 is 28.2 Å². The SMILES string of the molecule is CCCOc1ccccc1Nc1cc(CC(=O)O)nc2ccccc12. The van der Waals surface area contributed by atoms with E-state index in [1.165, 1.54) is 0 Å². The van der Waals surface area contributed by atoms with Crippen molar-refractivity contribution in [3.63, 3.8) is 0 Å². The van der Waals surface area contributed by atoms with Crippen LogP contribution in [0.5, 0.6) is 5.75 Å². The molecular weight excluding hydrogens is 316 g/mol. The zero-order chi connectivity index (χ0) is 17.6. The lowest BCUT2D eigenvalue weighted by Gasteiger charge is -2.15. The van der Waals surface area contributed by atoms with E-state index in [-0.39, 0.29) is 6.42 Å². The third-order valence-electron chi connectivity index (χ3n) is 3.72. The Balaban J connectivity index is 2.02. The van der Waals surface area contributed by atoms with Crippen LogP contribution >= 0.6 is 0 Å². The fourth-order valence-corrected chi connectivity index (χ4v) is 2.63. The number of anilines is 2. The summed E-state index contributed by atoms with van der Waals surface area (Å²) in [4.78, 5) is 15.5. The van der Waals surface area contributed by atoms with Gasteiger partial charge in [-0.3, -0.25) is 9.78 Å². The first-order valence-electron chi connectivity index (χ1n) is 8.26. The van der Waals surface area contributed by atoms with Gasteiger partial charge in [0.25, 0.3) is 0 Å². The van der Waals surface area contributed by atoms with Crippen LogP contribution in [0.1, 0.15) is 19.0 Å². The minimum absolute atomic E-state index is 0.118. The number of hydrogen-bond donors (Lipinski definition) is 2. The number of fused-ring (bicyclic) bond motifs is 1. The van der Waals surface area contributed by atoms with E-state index in [0.29, 0.717) is 12.3 Å². The number of ether oxygens (including phenoxy) is 1. The highest BCUT2D eigenvalue weighted by atomic mass is 16.5. The molecule has 3 aromatic rings. The van der Waals surface area contributed by atoms with Crippen LogP contribution in [0.25, 0.3) is 10.9 Å². The lowest BCUT2D eigenvalue weighted by molar-refractivity contribution is -0.136. The number of benzene rings is 2. The van der Waals surface area contributed by atoms with Gasteiger partial charge in [-0.15, -0.1) is 0 Å². The molecule has 0 aliphatic carbocycles. The third-order valence-corrected chi connectivity index (χ3v) is 3.72. The lowest BCUT2D eigenvalue weighted by atomic mass is 10.1. The molecule has 3 rings (SSSR count). The lowest BCUT2D eigenvalue weighted by Crippen LogP contribution is -2.04. The van der Waals surface area contributed by atoms with Gasteiger partial charge in [0.15, 0.2) is 0 Å². The van der Waals surface area contributed by atoms with Gasteiger partial charge in [0.1, 0.15) is 5.75 Å². The standard InChI is InChI=1S/C20H20N2O3/c1-2-11-25-19-10-6-5-9-17(19)22-18-12-14(13-20(23)24)21-16-8-4-3-7-15(16)18/h3-10,12H,2,11,13H2,1H3,(H,21,22)(H,23,24). The van der Waals surface area contributed by atoms with Crippen LogP contribution in [-0.4, -0.2) is 22.7 Å². The summed E-state index contributed by atoms with van der Waals surface area (Å²) in [6.45, 7) is 2.70. The highest BCUT2D eigenvalue weighted by molar-refractivity contribution is 5.94. The molecule has 0 amide bonds. The van der Waals surface area contributed by atoms with Crippen LogP contribution in [0.4, 0.5) is 11.4 Å². The zero-order valence-corrected chi connectivity index (χ0v) is 14.0. The summed E-state index contributed by atoms with van der Waals surface area (Å²) in [7, 11) is 0. The van der Waals surface area contributed by atoms with Crippen LogP contribution < -0.4 is 10.1 Å². The monoisotopic (exact) mass is 336 g/mol. The van der Waals surface area contributed by atoms with Gasteiger partial charge in [-0.1, -0.05) is 37.3 Å². The van der Waals surface area contributed by atoms with E-state index in [4.69, 9.17) is 9.84 Å². The van der Waals surface area contributed by atoms with Crippen molar-refractivity contribution in [2.75, 3.05) is 11.9 Å². The van der Waals surface area contributed by atoms with E-state index >= 15 is 0 Å². The number of rotatable bonds is 7. The Morgan fingerprint density at radius 3 is 2.68 bits per heavy atom. The highest BCUT2D eigenvalue weighted by Crippen LogP contribution is 2.31. The highest BCUT2D eigenvalue weighted by Gasteiger charge is 2.10. The van der Waals surface area contributed by atoms with Gasteiger partial charge in [0.2, 0.25) is 0 Å². The molecule has 0 aliphatic heterocycles. The van der Waals surface area contributed by atoms with Gasteiger partial charge in [-0.25, -0.2) is 0 Å². The summed E-state index contributed by atoms with van der Waals surface area (Å²) in [6.07, 6.45) is 0.808. The number of aliphatic carboxylic acids is 1. The van der Waals surface area contributed by atoms with Crippen LogP contribution in [0.3, 0.4) is 0 Å². The summed E-state index contributed by atoms with van der Waals surface area (Å²) < 4.78 is 5.79. The van der Waals surface area contributed by atoms with Crippen molar-refractivity contribution in [3.8, 4) is 5.75 Å². The van der Waals surface area contributed by atoms with Crippen LogP contribution in [0.2, 0.25) is 0 Å². The van der Waals surface area contributed by atoms with Gasteiger partial charge in [-0.05, 0) is 30.7 Å². The molecular formula is C20H20N2O3. The van der Waals surface area contributed by atoms with Crippen molar-refractivity contribution in [1.29, 1.82) is 0 Å². The van der Waals surface area contributed by atoms with E-state index in [2.05, 4.69) is 17.2 Å². The third kappa shape index (κ3) is 4.07. The van der Waals surface area contributed by atoms with Crippen molar-refractivity contribution in [2.45, 2.75) is 19.8 Å². The Hall–Kier alpha value is -3.08. The average Bonchev–Trinajstić information content (AvgIpc) is 2.60. The van der Waals surface area contributed by atoms with Crippen molar-refractivity contribution < 1.29 is 14.6 Å². The Labute approximate surface area is 146 Å². The van der Waals surface area contributed by atoms with Gasteiger partial charge in [0, 0.05) is 11.1 Å². The number of nitrogens with one attached hydrogen (secondary N) is 1. The van der Waals surface area contributed by atoms with Crippen LogP contribution in [-0.2, 0) is 11.2 Å². The second-order valence-corrected chi connectivity index (χ2v) is 5.72. The maximum atomic E-state index is 11.1. The van der Waals surface area contributed by atoms with Gasteiger partial charge in [-0.2, -0.15) is 0 Å². The summed E-state index contributed by atoms with van der Waals surface area (Å²) in [5.41, 5.74) is 2.93. The van der Waals surface area contributed by atoms with Crippen LogP contribution in [0, 0.1) is 0 Å². The number of carboxylic acids is 1. The average molecular weight is 336 g/mol.